The van der Waals surface area contributed by atoms with Gasteiger partial charge in [-0.25, -0.2) is 0 Å². The first-order valence-corrected chi connectivity index (χ1v) is 15.5. The van der Waals surface area contributed by atoms with Crippen LogP contribution in [0.5, 0.6) is 5.75 Å². The number of carboxylic acid groups (broad SMARTS) is 2. The topological polar surface area (TPSA) is 134 Å². The van der Waals surface area contributed by atoms with Crippen LogP contribution in [0.3, 0.4) is 0 Å². The van der Waals surface area contributed by atoms with Crippen molar-refractivity contribution in [3.8, 4) is 5.75 Å². The zero-order valence-corrected chi connectivity index (χ0v) is 28.1. The van der Waals surface area contributed by atoms with E-state index in [1.54, 1.807) is 22.3 Å². The van der Waals surface area contributed by atoms with E-state index >= 15 is 0 Å². The number of carboxylic acids is 2. The first kappa shape index (κ1) is 37.7. The summed E-state index contributed by atoms with van der Waals surface area (Å²) in [6, 6.07) is 13.3. The molecule has 2 heterocycles. The van der Waals surface area contributed by atoms with E-state index in [1.165, 1.54) is 0 Å². The summed E-state index contributed by atoms with van der Waals surface area (Å²) in [7, 11) is 9.62. The second-order valence-corrected chi connectivity index (χ2v) is 11.1. The molecule has 2 aromatic heterocycles. The molecule has 0 saturated carbocycles. The average molecular weight is 637 g/mol. The van der Waals surface area contributed by atoms with Crippen molar-refractivity contribution in [3.05, 3.63) is 66.0 Å². The number of hydrogen-bond donors (Lipinski definition) is 2. The Kier molecular flexibility index (Phi) is 15.1. The van der Waals surface area contributed by atoms with Crippen LogP contribution in [-0.2, 0) is 22.4 Å². The third-order valence-corrected chi connectivity index (χ3v) is 7.19. The third kappa shape index (κ3) is 10.8. The molecule has 0 aliphatic carbocycles. The van der Waals surface area contributed by atoms with E-state index in [0.717, 1.165) is 64.6 Å². The quantitative estimate of drug-likeness (QED) is 0.194. The maximum Gasteiger partial charge on any atom is 0.303 e. The number of methoxy groups -OCH3 is 1. The van der Waals surface area contributed by atoms with Gasteiger partial charge in [0.15, 0.2) is 0 Å². The zero-order valence-electron chi connectivity index (χ0n) is 28.1. The van der Waals surface area contributed by atoms with Crippen LogP contribution in [0.4, 0.5) is 0 Å². The van der Waals surface area contributed by atoms with Crippen molar-refractivity contribution in [1.82, 2.24) is 18.9 Å². The Morgan fingerprint density at radius 2 is 1.13 bits per heavy atom. The molecule has 0 spiro atoms. The molecule has 2 N–H and O–H groups in total. The summed E-state index contributed by atoms with van der Waals surface area (Å²) in [5.41, 5.74) is 3.80. The van der Waals surface area contributed by atoms with E-state index in [0.29, 0.717) is 0 Å². The van der Waals surface area contributed by atoms with Gasteiger partial charge in [-0.2, -0.15) is 0 Å². The first-order chi connectivity index (χ1) is 21.9. The Morgan fingerprint density at radius 1 is 0.674 bits per heavy atom. The van der Waals surface area contributed by atoms with Gasteiger partial charge >= 0.3 is 11.9 Å². The molecule has 11 nitrogen and oxygen atoms in total. The number of hydrogen-bond acceptors (Lipinski definition) is 7. The zero-order chi connectivity index (χ0) is 34.4. The molecule has 0 atom stereocenters. The largest absolute Gasteiger partial charge is 0.497 e. The van der Waals surface area contributed by atoms with Crippen LogP contribution < -0.4 is 4.74 Å². The van der Waals surface area contributed by atoms with Crippen molar-refractivity contribution in [2.24, 2.45) is 0 Å². The number of rotatable bonds is 13. The molecular formula is C35H48N4O7. The Morgan fingerprint density at radius 3 is 1.59 bits per heavy atom. The number of likely N-dealkylation sites (N-methyl/N-ethyl adjacent to an activating group) is 2. The van der Waals surface area contributed by atoms with Crippen LogP contribution in [0.15, 0.2) is 54.9 Å². The van der Waals surface area contributed by atoms with E-state index in [9.17, 15) is 19.2 Å². The number of para-hydroxylation sites is 1. The Hall–Kier alpha value is -4.48. The lowest BCUT2D eigenvalue weighted by atomic mass is 10.1. The van der Waals surface area contributed by atoms with Gasteiger partial charge in [-0.15, -0.1) is 0 Å². The fourth-order valence-electron chi connectivity index (χ4n) is 4.82. The molecule has 4 rings (SSSR count). The van der Waals surface area contributed by atoms with E-state index in [2.05, 4.69) is 9.80 Å². The molecule has 2 aromatic carbocycles. The van der Waals surface area contributed by atoms with Crippen molar-refractivity contribution in [3.63, 3.8) is 0 Å². The van der Waals surface area contributed by atoms with E-state index in [-0.39, 0.29) is 37.5 Å². The minimum absolute atomic E-state index is 0.0150. The van der Waals surface area contributed by atoms with E-state index in [1.807, 2.05) is 90.8 Å². The highest BCUT2D eigenvalue weighted by Crippen LogP contribution is 2.27. The molecule has 0 aliphatic heterocycles. The predicted octanol–water partition coefficient (Wildman–Crippen LogP) is 5.54. The smallest absolute Gasteiger partial charge is 0.303 e. The number of aromatic nitrogens is 2. The lowest BCUT2D eigenvalue weighted by molar-refractivity contribution is -0.137. The van der Waals surface area contributed by atoms with Gasteiger partial charge in [0.1, 0.15) is 5.75 Å². The number of nitrogens with zero attached hydrogens (tertiary/aromatic N) is 4. The highest BCUT2D eigenvalue weighted by Gasteiger charge is 2.16. The number of benzene rings is 2. The third-order valence-electron chi connectivity index (χ3n) is 7.19. The van der Waals surface area contributed by atoms with Gasteiger partial charge in [0, 0.05) is 49.1 Å². The summed E-state index contributed by atoms with van der Waals surface area (Å²) >= 11 is 0. The number of fused-ring (bicyclic) bond motifs is 2. The van der Waals surface area contributed by atoms with Crippen LogP contribution in [0.25, 0.3) is 21.8 Å². The molecule has 0 unspecified atom stereocenters. The first-order valence-electron chi connectivity index (χ1n) is 15.5. The summed E-state index contributed by atoms with van der Waals surface area (Å²) in [5, 5.41) is 19.5. The average Bonchev–Trinajstić information content (AvgIpc) is 3.60. The highest BCUT2D eigenvalue weighted by atomic mass is 16.5. The van der Waals surface area contributed by atoms with E-state index < -0.39 is 11.9 Å². The minimum Gasteiger partial charge on any atom is -0.497 e. The number of ether oxygens (including phenoxy) is 1. The summed E-state index contributed by atoms with van der Waals surface area (Å²) in [6.45, 7) is 5.76. The molecule has 0 radical (unpaired) electrons. The van der Waals surface area contributed by atoms with Crippen LogP contribution in [0, 0.1) is 0 Å². The molecule has 0 bridgehead atoms. The Balaban J connectivity index is 0.000000305. The molecule has 4 aromatic rings. The van der Waals surface area contributed by atoms with Gasteiger partial charge in [-0.1, -0.05) is 32.0 Å². The highest BCUT2D eigenvalue weighted by molar-refractivity contribution is 5.96. The van der Waals surface area contributed by atoms with Gasteiger partial charge < -0.3 is 24.7 Å². The lowest BCUT2D eigenvalue weighted by Crippen LogP contribution is -2.15. The Labute approximate surface area is 271 Å². The van der Waals surface area contributed by atoms with Crippen molar-refractivity contribution < 1.29 is 34.1 Å². The lowest BCUT2D eigenvalue weighted by Gasteiger charge is -2.08. The predicted molar refractivity (Wildman–Crippen MR) is 181 cm³/mol. The second kappa shape index (κ2) is 18.5. The molecular weight excluding hydrogens is 588 g/mol. The number of aliphatic carboxylic acids is 2. The maximum atomic E-state index is 12.3. The van der Waals surface area contributed by atoms with Crippen LogP contribution in [0.1, 0.15) is 60.2 Å². The van der Waals surface area contributed by atoms with Crippen molar-refractivity contribution in [1.29, 1.82) is 0 Å². The van der Waals surface area contributed by atoms with Gasteiger partial charge in [-0.05, 0) is 76.4 Å². The standard InChI is InChI=1S/C17H22N2O4.C16H20N2O3.C2H6/c1-18(2)9-8-12-11-19(16(20)6-7-17(21)22)15-5-4-13(23-3)10-14(12)15;1-17(2)10-9-12-11-18(15(19)7-8-16(20)21)14-6-4-3-5-13(12)14;1-2/h4-5,10-11H,6-9H2,1-3H3,(H,21,22);3-6,11H,7-10H2,1-2H3,(H,20,21);1-2H3. The summed E-state index contributed by atoms with van der Waals surface area (Å²) in [5.74, 6) is -1.57. The SMILES string of the molecule is CC.CN(C)CCc1cn(C(=O)CCC(=O)O)c2ccccc12.COc1ccc2c(c1)c(CCN(C)C)cn2C(=O)CCC(=O)O. The second-order valence-electron chi connectivity index (χ2n) is 11.1. The minimum atomic E-state index is -0.968. The van der Waals surface area contributed by atoms with Crippen LogP contribution in [-0.4, -0.2) is 101 Å². The van der Waals surface area contributed by atoms with Gasteiger partial charge in [0.05, 0.1) is 31.0 Å². The monoisotopic (exact) mass is 636 g/mol. The fraction of sp³-hybridized carbons (Fsp3) is 0.429. The van der Waals surface area contributed by atoms with Crippen LogP contribution >= 0.6 is 0 Å². The molecule has 0 aliphatic rings. The van der Waals surface area contributed by atoms with Crippen molar-refractivity contribution in [2.45, 2.75) is 52.4 Å². The van der Waals surface area contributed by atoms with Crippen LogP contribution in [0.2, 0.25) is 0 Å². The Bertz CT molecular complexity index is 1620. The normalized spacial score (nSPS) is 10.8. The van der Waals surface area contributed by atoms with E-state index in [4.69, 9.17) is 14.9 Å². The number of carbonyl (C=O) groups excluding carboxylic acids is 2. The summed E-state index contributed by atoms with van der Waals surface area (Å²) in [4.78, 5) is 50.0. The fourth-order valence-corrected chi connectivity index (χ4v) is 4.82. The molecule has 0 saturated heterocycles. The van der Waals surface area contributed by atoms with Crippen molar-refractivity contribution >= 4 is 45.6 Å². The summed E-state index contributed by atoms with van der Waals surface area (Å²) in [6.07, 6.45) is 5.01. The maximum absolute atomic E-state index is 12.3. The molecule has 0 fully saturated rings. The molecule has 250 valence electrons. The summed E-state index contributed by atoms with van der Waals surface area (Å²) < 4.78 is 8.41. The molecule has 0 amide bonds. The molecule has 11 heteroatoms. The molecule has 46 heavy (non-hydrogen) atoms. The van der Waals surface area contributed by atoms with Crippen molar-refractivity contribution in [2.75, 3.05) is 48.4 Å². The van der Waals surface area contributed by atoms with Gasteiger partial charge in [-0.3, -0.25) is 28.3 Å². The van der Waals surface area contributed by atoms with Gasteiger partial charge in [0.25, 0.3) is 0 Å². The number of carbonyl (C=O) groups is 4. The van der Waals surface area contributed by atoms with Gasteiger partial charge in [0.2, 0.25) is 11.8 Å².